The van der Waals surface area contributed by atoms with Crippen LogP contribution < -0.4 is 0 Å². The van der Waals surface area contributed by atoms with E-state index < -0.39 is 18.4 Å². The highest BCUT2D eigenvalue weighted by molar-refractivity contribution is 5.90. The average Bonchev–Trinajstić information content (AvgIpc) is 3.63. The second-order valence-electron chi connectivity index (χ2n) is 8.29. The Morgan fingerprint density at radius 2 is 2.14 bits per heavy atom. The predicted molar refractivity (Wildman–Crippen MR) is 117 cm³/mol. The summed E-state index contributed by atoms with van der Waals surface area (Å²) in [4.78, 5) is 22.6. The van der Waals surface area contributed by atoms with Crippen LogP contribution in [0.15, 0.2) is 41.2 Å². The van der Waals surface area contributed by atoms with Crippen LogP contribution >= 0.6 is 0 Å². The number of nitrogens with one attached hydrogen (secondary N) is 1. The predicted octanol–water partition coefficient (Wildman–Crippen LogP) is 2.87. The number of alkyl halides is 2. The third-order valence-electron chi connectivity index (χ3n) is 6.16. The molecule has 1 amide bonds. The van der Waals surface area contributed by atoms with Crippen molar-refractivity contribution in [3.8, 4) is 11.6 Å². The number of carbonyl (C=O) groups excluding carboxylic acids is 1. The molecule has 35 heavy (non-hydrogen) atoms. The van der Waals surface area contributed by atoms with E-state index in [-0.39, 0.29) is 17.5 Å². The minimum Gasteiger partial charge on any atom is -0.411 e. The van der Waals surface area contributed by atoms with Crippen LogP contribution in [-0.4, -0.2) is 56.9 Å². The van der Waals surface area contributed by atoms with Gasteiger partial charge < -0.3 is 14.3 Å². The first-order valence-corrected chi connectivity index (χ1v) is 10.8. The zero-order valence-corrected chi connectivity index (χ0v) is 18.7. The van der Waals surface area contributed by atoms with Gasteiger partial charge in [0.25, 0.3) is 12.3 Å². The Labute approximate surface area is 196 Å². The molecule has 0 aliphatic carbocycles. The number of hydrogen-bond acceptors (Lipinski definition) is 7. The monoisotopic (exact) mass is 479 g/mol. The van der Waals surface area contributed by atoms with E-state index in [0.29, 0.717) is 35.6 Å². The summed E-state index contributed by atoms with van der Waals surface area (Å²) >= 11 is 0. The first kappa shape index (κ1) is 21.1. The van der Waals surface area contributed by atoms with Gasteiger partial charge in [-0.05, 0) is 30.7 Å². The summed E-state index contributed by atoms with van der Waals surface area (Å²) in [6.07, 6.45) is 1.03. The van der Waals surface area contributed by atoms with E-state index in [0.717, 1.165) is 11.3 Å². The molecule has 6 rings (SSSR count). The standard InChI is InChI=1S/C22H19F2N9O2/c1-11-9-27-31(2)17(11)20-28-29-21(35-20)22(34)32-7-6-13-16(26-10-25-13)18(32)14-8-12-4-3-5-15(19(23)24)33(12)30-14/h3-5,8-10,18-19H,6-7H2,1-2H3,(H,25,26)/t18-/m0/s1. The van der Waals surface area contributed by atoms with E-state index >= 15 is 0 Å². The highest BCUT2D eigenvalue weighted by Crippen LogP contribution is 2.35. The molecule has 0 unspecified atom stereocenters. The zero-order valence-electron chi connectivity index (χ0n) is 18.7. The SMILES string of the molecule is Cc1cnn(C)c1-c1nnc(C(=O)N2CCc3[nH]cnc3[C@@H]2c2cc3cccc(C(F)F)n3n2)o1. The van der Waals surface area contributed by atoms with E-state index in [1.165, 1.54) is 15.5 Å². The lowest BCUT2D eigenvalue weighted by molar-refractivity contribution is 0.0646. The number of halogens is 2. The van der Waals surface area contributed by atoms with Crippen molar-refractivity contribution in [2.45, 2.75) is 25.8 Å². The molecular formula is C22H19F2N9O2. The van der Waals surface area contributed by atoms with Gasteiger partial charge >= 0.3 is 11.8 Å². The number of hydrogen-bond donors (Lipinski definition) is 1. The van der Waals surface area contributed by atoms with E-state index in [9.17, 15) is 13.6 Å². The van der Waals surface area contributed by atoms with E-state index in [1.807, 2.05) is 6.92 Å². The Balaban J connectivity index is 1.42. The lowest BCUT2D eigenvalue weighted by atomic mass is 9.99. The lowest BCUT2D eigenvalue weighted by Gasteiger charge is -2.32. The quantitative estimate of drug-likeness (QED) is 0.420. The van der Waals surface area contributed by atoms with Crippen molar-refractivity contribution in [3.63, 3.8) is 0 Å². The highest BCUT2D eigenvalue weighted by atomic mass is 19.3. The fraction of sp³-hybridized carbons (Fsp3) is 0.273. The first-order chi connectivity index (χ1) is 16.9. The van der Waals surface area contributed by atoms with Crippen LogP contribution in [0.3, 0.4) is 0 Å². The normalized spacial score (nSPS) is 15.8. The van der Waals surface area contributed by atoms with Crippen LogP contribution in [0.1, 0.15) is 51.5 Å². The van der Waals surface area contributed by atoms with Gasteiger partial charge in [0, 0.05) is 25.7 Å². The molecule has 13 heteroatoms. The number of nitrogens with zero attached hydrogens (tertiary/aromatic N) is 8. The first-order valence-electron chi connectivity index (χ1n) is 10.8. The summed E-state index contributed by atoms with van der Waals surface area (Å²) in [6, 6.07) is 5.50. The van der Waals surface area contributed by atoms with E-state index in [4.69, 9.17) is 4.42 Å². The van der Waals surface area contributed by atoms with Gasteiger partial charge in [0.2, 0.25) is 0 Å². The summed E-state index contributed by atoms with van der Waals surface area (Å²) < 4.78 is 35.7. The molecule has 1 aliphatic heterocycles. The van der Waals surface area contributed by atoms with Gasteiger partial charge in [0.1, 0.15) is 17.4 Å². The largest absolute Gasteiger partial charge is 0.411 e. The molecule has 0 saturated carbocycles. The van der Waals surface area contributed by atoms with Gasteiger partial charge in [-0.1, -0.05) is 6.07 Å². The van der Waals surface area contributed by atoms with Gasteiger partial charge in [-0.25, -0.2) is 18.3 Å². The summed E-state index contributed by atoms with van der Waals surface area (Å²) in [5.41, 5.74) is 3.53. The number of fused-ring (bicyclic) bond motifs is 2. The van der Waals surface area contributed by atoms with Crippen molar-refractivity contribution < 1.29 is 18.0 Å². The number of amides is 1. The average molecular weight is 479 g/mol. The number of carbonyl (C=O) groups is 1. The van der Waals surface area contributed by atoms with Crippen LogP contribution in [0.2, 0.25) is 0 Å². The molecule has 5 aromatic heterocycles. The Morgan fingerprint density at radius 1 is 1.29 bits per heavy atom. The molecule has 0 spiro atoms. The fourth-order valence-electron chi connectivity index (χ4n) is 4.53. The molecule has 6 heterocycles. The summed E-state index contributed by atoms with van der Waals surface area (Å²) in [5, 5.41) is 16.6. The highest BCUT2D eigenvalue weighted by Gasteiger charge is 2.38. The Kier molecular flexibility index (Phi) is 4.72. The van der Waals surface area contributed by atoms with Crippen molar-refractivity contribution in [1.29, 1.82) is 0 Å². The van der Waals surface area contributed by atoms with Gasteiger partial charge in [0.15, 0.2) is 0 Å². The summed E-state index contributed by atoms with van der Waals surface area (Å²) in [7, 11) is 1.74. The molecule has 0 radical (unpaired) electrons. The maximum atomic E-state index is 13.6. The molecule has 5 aromatic rings. The topological polar surface area (TPSA) is 123 Å². The molecule has 0 saturated heterocycles. The molecule has 178 valence electrons. The van der Waals surface area contributed by atoms with E-state index in [1.54, 1.807) is 42.5 Å². The van der Waals surface area contributed by atoms with Crippen LogP contribution in [0, 0.1) is 6.92 Å². The molecule has 1 N–H and O–H groups in total. The molecular weight excluding hydrogens is 460 g/mol. The molecule has 0 aromatic carbocycles. The molecule has 1 aliphatic rings. The van der Waals surface area contributed by atoms with Crippen LogP contribution in [0.5, 0.6) is 0 Å². The van der Waals surface area contributed by atoms with Gasteiger partial charge in [0.05, 0.1) is 29.4 Å². The third kappa shape index (κ3) is 3.30. The van der Waals surface area contributed by atoms with Crippen molar-refractivity contribution in [2.24, 2.45) is 7.05 Å². The van der Waals surface area contributed by atoms with Crippen LogP contribution in [0.25, 0.3) is 17.1 Å². The number of aryl methyl sites for hydroxylation is 2. The van der Waals surface area contributed by atoms with Crippen molar-refractivity contribution in [1.82, 2.24) is 44.5 Å². The minimum absolute atomic E-state index is 0.175. The van der Waals surface area contributed by atoms with Crippen molar-refractivity contribution in [2.75, 3.05) is 6.54 Å². The fourth-order valence-corrected chi connectivity index (χ4v) is 4.53. The second-order valence-corrected chi connectivity index (χ2v) is 8.29. The summed E-state index contributed by atoms with van der Waals surface area (Å²) in [5.74, 6) is -0.524. The van der Waals surface area contributed by atoms with Crippen LogP contribution in [0.4, 0.5) is 8.78 Å². The number of rotatable bonds is 4. The van der Waals surface area contributed by atoms with Crippen molar-refractivity contribution >= 4 is 11.4 Å². The summed E-state index contributed by atoms with van der Waals surface area (Å²) in [6.45, 7) is 2.17. The van der Waals surface area contributed by atoms with Gasteiger partial charge in [-0.15, -0.1) is 10.2 Å². The third-order valence-corrected chi connectivity index (χ3v) is 6.16. The van der Waals surface area contributed by atoms with Gasteiger partial charge in [-0.3, -0.25) is 9.48 Å². The van der Waals surface area contributed by atoms with Gasteiger partial charge in [-0.2, -0.15) is 10.2 Å². The Bertz CT molecular complexity index is 1540. The molecule has 0 fully saturated rings. The number of aromatic amines is 1. The maximum Gasteiger partial charge on any atom is 0.312 e. The lowest BCUT2D eigenvalue weighted by Crippen LogP contribution is -2.41. The number of aromatic nitrogens is 8. The van der Waals surface area contributed by atoms with Crippen molar-refractivity contribution in [3.05, 3.63) is 71.0 Å². The Morgan fingerprint density at radius 3 is 2.91 bits per heavy atom. The zero-order chi connectivity index (χ0) is 24.3. The Hall–Kier alpha value is -4.42. The molecule has 1 atom stereocenters. The smallest absolute Gasteiger partial charge is 0.312 e. The van der Waals surface area contributed by atoms with E-state index in [2.05, 4.69) is 30.4 Å². The number of imidazole rings is 1. The maximum absolute atomic E-state index is 13.6. The molecule has 11 nitrogen and oxygen atoms in total. The molecule has 0 bridgehead atoms. The number of H-pyrrole nitrogens is 1. The second kappa shape index (κ2) is 7.82. The minimum atomic E-state index is -2.70. The van der Waals surface area contributed by atoms with Crippen LogP contribution in [-0.2, 0) is 13.5 Å². The number of pyridine rings is 1.